The first kappa shape index (κ1) is 24.1. The molecule has 0 bridgehead atoms. The highest BCUT2D eigenvalue weighted by Gasteiger charge is 2.19. The van der Waals surface area contributed by atoms with Gasteiger partial charge >= 0.3 is 6.09 Å². The van der Waals surface area contributed by atoms with E-state index in [2.05, 4.69) is 51.6 Å². The summed E-state index contributed by atoms with van der Waals surface area (Å²) in [4.78, 5) is 27.7. The fourth-order valence-electron chi connectivity index (χ4n) is 4.26. The van der Waals surface area contributed by atoms with Crippen LogP contribution in [0.2, 0.25) is 0 Å². The SMILES string of the molecule is CCOC(=O)Nc1cc2[nH]c(-c3ccccc3)nc2c(N(CCc2ccccc2)Cc2ccccc2)n1. The van der Waals surface area contributed by atoms with Crippen LogP contribution in [0, 0.1) is 0 Å². The molecule has 7 nitrogen and oxygen atoms in total. The van der Waals surface area contributed by atoms with Crippen molar-refractivity contribution in [3.05, 3.63) is 108 Å². The molecule has 3 aromatic carbocycles. The molecule has 0 unspecified atom stereocenters. The lowest BCUT2D eigenvalue weighted by Crippen LogP contribution is -2.27. The number of fused-ring (bicyclic) bond motifs is 1. The van der Waals surface area contributed by atoms with Crippen molar-refractivity contribution in [2.75, 3.05) is 23.4 Å². The van der Waals surface area contributed by atoms with Crippen molar-refractivity contribution in [2.45, 2.75) is 19.9 Å². The zero-order valence-electron chi connectivity index (χ0n) is 20.7. The van der Waals surface area contributed by atoms with Crippen LogP contribution < -0.4 is 10.2 Å². The molecule has 5 aromatic rings. The smallest absolute Gasteiger partial charge is 0.412 e. The van der Waals surface area contributed by atoms with Crippen LogP contribution in [-0.4, -0.2) is 34.2 Å². The number of benzene rings is 3. The predicted octanol–water partition coefficient (Wildman–Crippen LogP) is 6.44. The quantitative estimate of drug-likeness (QED) is 0.248. The molecule has 7 heteroatoms. The molecular formula is C30H29N5O2. The minimum atomic E-state index is -0.540. The number of pyridine rings is 1. The summed E-state index contributed by atoms with van der Waals surface area (Å²) in [5.74, 6) is 1.85. The van der Waals surface area contributed by atoms with Gasteiger partial charge in [0, 0.05) is 24.7 Å². The summed E-state index contributed by atoms with van der Waals surface area (Å²) < 4.78 is 5.10. The highest BCUT2D eigenvalue weighted by atomic mass is 16.5. The number of imidazole rings is 1. The van der Waals surface area contributed by atoms with E-state index >= 15 is 0 Å². The molecule has 0 aliphatic carbocycles. The van der Waals surface area contributed by atoms with Crippen LogP contribution in [-0.2, 0) is 17.7 Å². The van der Waals surface area contributed by atoms with Gasteiger partial charge in [0.15, 0.2) is 5.82 Å². The first-order valence-electron chi connectivity index (χ1n) is 12.4. The Morgan fingerprint density at radius 2 is 1.54 bits per heavy atom. The molecule has 186 valence electrons. The number of nitrogens with one attached hydrogen (secondary N) is 2. The Hall–Kier alpha value is -4.65. The maximum Gasteiger partial charge on any atom is 0.412 e. The monoisotopic (exact) mass is 491 g/mol. The van der Waals surface area contributed by atoms with Crippen LogP contribution in [0.25, 0.3) is 22.4 Å². The second-order valence-corrected chi connectivity index (χ2v) is 8.67. The maximum absolute atomic E-state index is 12.2. The molecule has 0 spiro atoms. The van der Waals surface area contributed by atoms with Crippen LogP contribution in [0.1, 0.15) is 18.1 Å². The Morgan fingerprint density at radius 1 is 0.892 bits per heavy atom. The summed E-state index contributed by atoms with van der Waals surface area (Å²) in [5, 5.41) is 2.77. The van der Waals surface area contributed by atoms with E-state index in [1.165, 1.54) is 5.56 Å². The van der Waals surface area contributed by atoms with Crippen molar-refractivity contribution >= 4 is 28.8 Å². The third-order valence-corrected chi connectivity index (χ3v) is 6.03. The number of ether oxygens (including phenoxy) is 1. The second kappa shape index (κ2) is 11.4. The zero-order chi connectivity index (χ0) is 25.5. The zero-order valence-corrected chi connectivity index (χ0v) is 20.7. The van der Waals surface area contributed by atoms with E-state index in [0.717, 1.165) is 41.0 Å². The number of anilines is 2. The minimum Gasteiger partial charge on any atom is -0.450 e. The molecule has 2 heterocycles. The van der Waals surface area contributed by atoms with Gasteiger partial charge in [-0.25, -0.2) is 14.8 Å². The first-order chi connectivity index (χ1) is 18.2. The highest BCUT2D eigenvalue weighted by molar-refractivity contribution is 5.93. The molecule has 1 amide bonds. The van der Waals surface area contributed by atoms with Crippen molar-refractivity contribution in [3.8, 4) is 11.4 Å². The summed E-state index contributed by atoms with van der Waals surface area (Å²) in [5.41, 5.74) is 4.91. The Kier molecular flexibility index (Phi) is 7.41. The lowest BCUT2D eigenvalue weighted by Gasteiger charge is -2.25. The number of aromatic nitrogens is 3. The molecule has 0 saturated heterocycles. The standard InChI is InChI=1S/C30H29N5O2/c1-2-37-30(36)33-26-20-25-27(34-28(31-25)24-16-10-5-11-17-24)29(32-26)35(21-23-14-8-4-9-15-23)19-18-22-12-6-3-7-13-22/h3-17,20H,2,18-19,21H2,1H3,(H,31,34)(H,32,33,36). The van der Waals surface area contributed by atoms with Crippen molar-refractivity contribution in [1.29, 1.82) is 0 Å². The molecule has 0 aliphatic rings. The molecule has 37 heavy (non-hydrogen) atoms. The lowest BCUT2D eigenvalue weighted by atomic mass is 10.1. The summed E-state index contributed by atoms with van der Waals surface area (Å²) in [6.07, 6.45) is 0.296. The molecule has 0 saturated carbocycles. The second-order valence-electron chi connectivity index (χ2n) is 8.67. The van der Waals surface area contributed by atoms with Crippen molar-refractivity contribution in [2.24, 2.45) is 0 Å². The van der Waals surface area contributed by atoms with Crippen molar-refractivity contribution in [3.63, 3.8) is 0 Å². The van der Waals surface area contributed by atoms with Crippen LogP contribution in [0.4, 0.5) is 16.4 Å². The van der Waals surface area contributed by atoms with Gasteiger partial charge in [0.1, 0.15) is 17.2 Å². The van der Waals surface area contributed by atoms with E-state index in [9.17, 15) is 4.79 Å². The first-order valence-corrected chi connectivity index (χ1v) is 12.4. The number of carbonyl (C=O) groups is 1. The molecule has 0 aliphatic heterocycles. The number of aromatic amines is 1. The summed E-state index contributed by atoms with van der Waals surface area (Å²) in [6, 6.07) is 32.5. The Morgan fingerprint density at radius 3 is 2.22 bits per heavy atom. The van der Waals surface area contributed by atoms with E-state index in [-0.39, 0.29) is 6.61 Å². The van der Waals surface area contributed by atoms with E-state index in [1.54, 1.807) is 13.0 Å². The number of H-pyrrole nitrogens is 1. The Labute approximate surface area is 216 Å². The van der Waals surface area contributed by atoms with Crippen LogP contribution >= 0.6 is 0 Å². The van der Waals surface area contributed by atoms with E-state index < -0.39 is 6.09 Å². The van der Waals surface area contributed by atoms with Crippen molar-refractivity contribution in [1.82, 2.24) is 15.0 Å². The van der Waals surface area contributed by atoms with Gasteiger partial charge in [-0.2, -0.15) is 0 Å². The van der Waals surface area contributed by atoms with Gasteiger partial charge in [-0.05, 0) is 24.5 Å². The molecule has 0 atom stereocenters. The minimum absolute atomic E-state index is 0.278. The van der Waals surface area contributed by atoms with Gasteiger partial charge in [0.2, 0.25) is 0 Å². The average molecular weight is 492 g/mol. The normalized spacial score (nSPS) is 10.8. The topological polar surface area (TPSA) is 83.1 Å². The molecular weight excluding hydrogens is 462 g/mol. The van der Waals surface area contributed by atoms with Gasteiger partial charge in [-0.1, -0.05) is 91.0 Å². The number of hydrogen-bond acceptors (Lipinski definition) is 5. The number of nitrogens with zero attached hydrogens (tertiary/aromatic N) is 3. The largest absolute Gasteiger partial charge is 0.450 e. The third-order valence-electron chi connectivity index (χ3n) is 6.03. The fourth-order valence-corrected chi connectivity index (χ4v) is 4.26. The highest BCUT2D eigenvalue weighted by Crippen LogP contribution is 2.30. The number of hydrogen-bond donors (Lipinski definition) is 2. The molecule has 2 N–H and O–H groups in total. The predicted molar refractivity (Wildman–Crippen MR) is 148 cm³/mol. The van der Waals surface area contributed by atoms with E-state index in [4.69, 9.17) is 14.7 Å². The van der Waals surface area contributed by atoms with Crippen LogP contribution in [0.3, 0.4) is 0 Å². The van der Waals surface area contributed by atoms with E-state index in [0.29, 0.717) is 18.2 Å². The molecule has 0 radical (unpaired) electrons. The Balaban J connectivity index is 1.59. The lowest BCUT2D eigenvalue weighted by molar-refractivity contribution is 0.168. The molecule has 0 fully saturated rings. The van der Waals surface area contributed by atoms with Gasteiger partial charge in [-0.3, -0.25) is 5.32 Å². The number of rotatable bonds is 9. The van der Waals surface area contributed by atoms with Gasteiger partial charge in [0.05, 0.1) is 12.1 Å². The summed E-state index contributed by atoms with van der Waals surface area (Å²) in [7, 11) is 0. The van der Waals surface area contributed by atoms with Crippen LogP contribution in [0.15, 0.2) is 97.1 Å². The maximum atomic E-state index is 12.2. The molecule has 2 aromatic heterocycles. The van der Waals surface area contributed by atoms with Gasteiger partial charge < -0.3 is 14.6 Å². The van der Waals surface area contributed by atoms with E-state index in [1.807, 2.05) is 54.6 Å². The van der Waals surface area contributed by atoms with Crippen LogP contribution in [0.5, 0.6) is 0 Å². The number of amides is 1. The Bertz CT molecular complexity index is 1450. The third kappa shape index (κ3) is 5.95. The van der Waals surface area contributed by atoms with Crippen molar-refractivity contribution < 1.29 is 9.53 Å². The molecule has 5 rings (SSSR count). The summed E-state index contributed by atoms with van der Waals surface area (Å²) in [6.45, 7) is 3.41. The van der Waals surface area contributed by atoms with Gasteiger partial charge in [0.25, 0.3) is 0 Å². The fraction of sp³-hybridized carbons (Fsp3) is 0.167. The van der Waals surface area contributed by atoms with Gasteiger partial charge in [-0.15, -0.1) is 0 Å². The summed E-state index contributed by atoms with van der Waals surface area (Å²) >= 11 is 0. The average Bonchev–Trinajstić information content (AvgIpc) is 3.37. The number of carbonyl (C=O) groups excluding carboxylic acids is 1.